The van der Waals surface area contributed by atoms with Gasteiger partial charge in [-0.25, -0.2) is 14.5 Å². The maximum absolute atomic E-state index is 13.1. The molecule has 46 heavy (non-hydrogen) atoms. The second-order valence-corrected chi connectivity index (χ2v) is 11.3. The minimum atomic E-state index is -0.907. The number of nitrogens with two attached hydrogens (primary N) is 1. The van der Waals surface area contributed by atoms with Gasteiger partial charge in [-0.3, -0.25) is 14.8 Å². The van der Waals surface area contributed by atoms with Crippen molar-refractivity contribution in [3.8, 4) is 22.7 Å². The van der Waals surface area contributed by atoms with E-state index in [1.54, 1.807) is 41.3 Å². The van der Waals surface area contributed by atoms with E-state index in [9.17, 15) is 9.59 Å². The summed E-state index contributed by atoms with van der Waals surface area (Å²) < 4.78 is 6.57. The highest BCUT2D eigenvalue weighted by molar-refractivity contribution is 6.32. The number of benzene rings is 2. The molecule has 5 rings (SSSR count). The van der Waals surface area contributed by atoms with E-state index in [2.05, 4.69) is 41.1 Å². The van der Waals surface area contributed by atoms with Gasteiger partial charge in [0.25, 0.3) is 0 Å². The highest BCUT2D eigenvalue weighted by Crippen LogP contribution is 2.32. The lowest BCUT2D eigenvalue weighted by atomic mass is 10.1. The van der Waals surface area contributed by atoms with Crippen LogP contribution in [0, 0.1) is 13.8 Å². The Morgan fingerprint density at radius 2 is 1.96 bits per heavy atom. The van der Waals surface area contributed by atoms with Gasteiger partial charge in [0.15, 0.2) is 0 Å². The molecule has 0 aliphatic rings. The average molecular weight is 665 g/mol. The Hall–Kier alpha value is -4.92. The summed E-state index contributed by atoms with van der Waals surface area (Å²) in [7, 11) is 0. The fraction of sp³-hybridized carbons (Fsp3) is 0.267. The molecule has 2 aromatic carbocycles. The molecule has 5 N–H and O–H groups in total. The summed E-state index contributed by atoms with van der Waals surface area (Å²) in [4.78, 5) is 40.7. The van der Waals surface area contributed by atoms with Crippen molar-refractivity contribution in [3.63, 3.8) is 0 Å². The molecule has 0 aliphatic heterocycles. The molecule has 2 amide bonds. The van der Waals surface area contributed by atoms with Gasteiger partial charge < -0.3 is 26.1 Å². The lowest BCUT2D eigenvalue weighted by Crippen LogP contribution is -2.31. The number of aromatic amines is 1. The molecule has 3 heterocycles. The van der Waals surface area contributed by atoms with Gasteiger partial charge in [0.1, 0.15) is 28.7 Å². The lowest BCUT2D eigenvalue weighted by Gasteiger charge is -2.17. The maximum Gasteiger partial charge on any atom is 0.409 e. The number of hydrogen-bond acceptors (Lipinski definition) is 10. The predicted octanol–water partition coefficient (Wildman–Crippen LogP) is 4.19. The van der Waals surface area contributed by atoms with Crippen LogP contribution in [0.25, 0.3) is 16.9 Å². The van der Waals surface area contributed by atoms with E-state index < -0.39 is 12.1 Å². The van der Waals surface area contributed by atoms with Crippen LogP contribution in [-0.4, -0.2) is 58.7 Å². The predicted molar refractivity (Wildman–Crippen MR) is 170 cm³/mol. The zero-order valence-electron chi connectivity index (χ0n) is 25.0. The topological polar surface area (TPSA) is 192 Å². The standard InChI is InChI=1S/C30H31Cl2N11O3/c1-17-10-22(46-30(33)45)6-7-23(17)27-28(32)40-29(39-27)24(12-26(44)37-15-21-14-35-18(2)13-36-21)34-9-3-4-19-11-20(31)5-8-25(19)43-16-38-41-42-43/h5-8,10-11,13-14,16,24,34H,3-4,9,12,15H2,1-2H3,(H2,33,45)(H,37,44)(H,39,40). The van der Waals surface area contributed by atoms with Gasteiger partial charge in [-0.05, 0) is 91.2 Å². The third-order valence-electron chi connectivity index (χ3n) is 7.02. The fourth-order valence-corrected chi connectivity index (χ4v) is 5.26. The average Bonchev–Trinajstić information content (AvgIpc) is 3.69. The van der Waals surface area contributed by atoms with Gasteiger partial charge in [-0.15, -0.1) is 5.10 Å². The first kappa shape index (κ1) is 32.5. The largest absolute Gasteiger partial charge is 0.410 e. The number of imidazole rings is 1. The molecule has 1 unspecified atom stereocenters. The van der Waals surface area contributed by atoms with Gasteiger partial charge in [-0.1, -0.05) is 23.2 Å². The van der Waals surface area contributed by atoms with Gasteiger partial charge in [0, 0.05) is 23.2 Å². The van der Waals surface area contributed by atoms with E-state index in [0.29, 0.717) is 52.5 Å². The molecule has 0 fully saturated rings. The number of carbonyl (C=O) groups excluding carboxylic acids is 2. The molecule has 1 atom stereocenters. The molecule has 0 bridgehead atoms. The molecule has 14 nitrogen and oxygen atoms in total. The minimum absolute atomic E-state index is 0.0694. The minimum Gasteiger partial charge on any atom is -0.410 e. The summed E-state index contributed by atoms with van der Waals surface area (Å²) in [5.41, 5.74) is 10.4. The Kier molecular flexibility index (Phi) is 10.5. The van der Waals surface area contributed by atoms with Crippen LogP contribution < -0.4 is 21.1 Å². The van der Waals surface area contributed by atoms with E-state index in [0.717, 1.165) is 28.1 Å². The summed E-state index contributed by atoms with van der Waals surface area (Å²) in [6.45, 7) is 4.45. The number of aromatic nitrogens is 8. The van der Waals surface area contributed by atoms with Crippen molar-refractivity contribution >= 4 is 35.2 Å². The molecular formula is C30H31Cl2N11O3. The van der Waals surface area contributed by atoms with E-state index >= 15 is 0 Å². The summed E-state index contributed by atoms with van der Waals surface area (Å²) >= 11 is 12.9. The molecule has 238 valence electrons. The molecule has 0 spiro atoms. The smallest absolute Gasteiger partial charge is 0.409 e. The van der Waals surface area contributed by atoms with Crippen LogP contribution >= 0.6 is 23.2 Å². The number of aryl methyl sites for hydroxylation is 3. The van der Waals surface area contributed by atoms with Crippen molar-refractivity contribution in [2.24, 2.45) is 5.73 Å². The van der Waals surface area contributed by atoms with Crippen molar-refractivity contribution in [2.45, 2.75) is 45.7 Å². The van der Waals surface area contributed by atoms with Crippen molar-refractivity contribution in [1.29, 1.82) is 0 Å². The maximum atomic E-state index is 13.1. The van der Waals surface area contributed by atoms with Crippen LogP contribution in [0.1, 0.15) is 47.2 Å². The first-order chi connectivity index (χ1) is 22.2. The quantitative estimate of drug-likeness (QED) is 0.133. The van der Waals surface area contributed by atoms with Gasteiger partial charge in [-0.2, -0.15) is 0 Å². The zero-order chi connectivity index (χ0) is 32.6. The Balaban J connectivity index is 1.32. The molecule has 0 radical (unpaired) electrons. The van der Waals surface area contributed by atoms with Crippen molar-refractivity contribution in [1.82, 2.24) is 50.8 Å². The highest BCUT2D eigenvalue weighted by Gasteiger charge is 2.23. The first-order valence-electron chi connectivity index (χ1n) is 14.3. The van der Waals surface area contributed by atoms with E-state index in [1.165, 1.54) is 6.33 Å². The van der Waals surface area contributed by atoms with Crippen LogP contribution in [0.2, 0.25) is 10.2 Å². The number of ether oxygens (including phenoxy) is 1. The van der Waals surface area contributed by atoms with E-state index in [4.69, 9.17) is 38.7 Å². The van der Waals surface area contributed by atoms with Crippen LogP contribution in [0.5, 0.6) is 5.75 Å². The first-order valence-corrected chi connectivity index (χ1v) is 15.0. The van der Waals surface area contributed by atoms with Gasteiger partial charge >= 0.3 is 6.09 Å². The van der Waals surface area contributed by atoms with Crippen LogP contribution in [0.4, 0.5) is 4.79 Å². The van der Waals surface area contributed by atoms with Crippen LogP contribution in [0.15, 0.2) is 55.1 Å². The number of nitrogens with zero attached hydrogens (tertiary/aromatic N) is 7. The van der Waals surface area contributed by atoms with Crippen molar-refractivity contribution in [2.75, 3.05) is 6.54 Å². The van der Waals surface area contributed by atoms with Crippen LogP contribution in [-0.2, 0) is 17.8 Å². The number of halogens is 2. The summed E-state index contributed by atoms with van der Waals surface area (Å²) in [6.07, 6.45) is 5.34. The Bertz CT molecular complexity index is 1810. The second kappa shape index (κ2) is 14.9. The normalized spacial score (nSPS) is 11.7. The molecule has 3 aromatic heterocycles. The molecule has 0 saturated carbocycles. The highest BCUT2D eigenvalue weighted by atomic mass is 35.5. The number of hydrogen-bond donors (Lipinski definition) is 4. The SMILES string of the molecule is Cc1cnc(CNC(=O)CC(NCCCc2cc(Cl)ccc2-n2cnnn2)c2nc(-c3ccc(OC(N)=O)cc3C)c(Cl)[nH]2)cn1. The summed E-state index contributed by atoms with van der Waals surface area (Å²) in [6, 6.07) is 10.0. The fourth-order valence-electron chi connectivity index (χ4n) is 4.82. The van der Waals surface area contributed by atoms with E-state index in [1.807, 2.05) is 26.0 Å². The number of rotatable bonds is 13. The molecular weight excluding hydrogens is 633 g/mol. The van der Waals surface area contributed by atoms with Gasteiger partial charge in [0.2, 0.25) is 5.91 Å². The Morgan fingerprint density at radius 1 is 1.11 bits per heavy atom. The number of primary amides is 1. The monoisotopic (exact) mass is 663 g/mol. The zero-order valence-corrected chi connectivity index (χ0v) is 26.5. The van der Waals surface area contributed by atoms with Crippen molar-refractivity contribution in [3.05, 3.63) is 93.6 Å². The lowest BCUT2D eigenvalue weighted by molar-refractivity contribution is -0.121. The molecule has 0 aliphatic carbocycles. The summed E-state index contributed by atoms with van der Waals surface area (Å²) in [5.74, 6) is 0.575. The Morgan fingerprint density at radius 3 is 2.67 bits per heavy atom. The number of tetrazole rings is 1. The molecule has 16 heteroatoms. The Labute approximate surface area is 274 Å². The molecule has 0 saturated heterocycles. The summed E-state index contributed by atoms with van der Waals surface area (Å²) in [5, 5.41) is 18.7. The number of amides is 2. The number of nitrogens with one attached hydrogen (secondary N) is 3. The number of H-pyrrole nitrogens is 1. The third-order valence-corrected chi connectivity index (χ3v) is 7.53. The van der Waals surface area contributed by atoms with E-state index in [-0.39, 0.29) is 18.9 Å². The van der Waals surface area contributed by atoms with Gasteiger partial charge in [0.05, 0.1) is 35.9 Å². The third kappa shape index (κ3) is 8.41. The molecule has 5 aromatic rings. The number of carbonyl (C=O) groups is 2. The van der Waals surface area contributed by atoms with Crippen molar-refractivity contribution < 1.29 is 14.3 Å². The van der Waals surface area contributed by atoms with Crippen LogP contribution in [0.3, 0.4) is 0 Å². The second-order valence-electron chi connectivity index (χ2n) is 10.5.